The molecule has 0 atom stereocenters. The maximum absolute atomic E-state index is 10.3. The summed E-state index contributed by atoms with van der Waals surface area (Å²) >= 11 is 0. The summed E-state index contributed by atoms with van der Waals surface area (Å²) in [6, 6.07) is 0. The number of methoxy groups -OCH3 is 1. The van der Waals surface area contributed by atoms with E-state index in [-0.39, 0.29) is 5.57 Å². The van der Waals surface area contributed by atoms with Gasteiger partial charge in [0.15, 0.2) is 0 Å². The van der Waals surface area contributed by atoms with Crippen LogP contribution in [0.2, 0.25) is 0 Å². The van der Waals surface area contributed by atoms with Crippen molar-refractivity contribution in [2.24, 2.45) is 0 Å². The number of carboxylic acids is 1. The lowest BCUT2D eigenvalue weighted by atomic mass is 10.2. The van der Waals surface area contributed by atoms with E-state index in [1.165, 1.54) is 19.3 Å². The maximum atomic E-state index is 10.3. The molecule has 1 N–H and O–H groups in total. The van der Waals surface area contributed by atoms with Crippen molar-refractivity contribution in [3.8, 4) is 0 Å². The predicted molar refractivity (Wildman–Crippen MR) is 53.4 cm³/mol. The van der Waals surface area contributed by atoms with Gasteiger partial charge in [-0.15, -0.1) is 0 Å². The van der Waals surface area contributed by atoms with Crippen LogP contribution in [0.4, 0.5) is 0 Å². The van der Waals surface area contributed by atoms with E-state index in [0.29, 0.717) is 5.76 Å². The zero-order valence-corrected chi connectivity index (χ0v) is 8.33. The zero-order chi connectivity index (χ0) is 10.9. The molecule has 0 saturated heterocycles. The summed E-state index contributed by atoms with van der Waals surface area (Å²) in [5.41, 5.74) is 0.0665. The third kappa shape index (κ3) is 6.87. The van der Waals surface area contributed by atoms with E-state index in [0.717, 1.165) is 0 Å². The second-order valence-electron chi connectivity index (χ2n) is 1.78. The quantitative estimate of drug-likeness (QED) is 0.414. The summed E-state index contributed by atoms with van der Waals surface area (Å²) in [6.45, 7) is 10.8. The van der Waals surface area contributed by atoms with Gasteiger partial charge in [0.05, 0.1) is 12.7 Å². The minimum atomic E-state index is -1.04. The van der Waals surface area contributed by atoms with Gasteiger partial charge in [0, 0.05) is 0 Å². The van der Waals surface area contributed by atoms with Crippen LogP contribution in [0.5, 0.6) is 0 Å². The van der Waals surface area contributed by atoms with Crippen LogP contribution >= 0.6 is 0 Å². The van der Waals surface area contributed by atoms with Crippen LogP contribution in [0.25, 0.3) is 0 Å². The molecule has 0 bridgehead atoms. The molecule has 0 spiro atoms. The third-order valence-electron chi connectivity index (χ3n) is 1.05. The van der Waals surface area contributed by atoms with Crippen molar-refractivity contribution in [3.63, 3.8) is 0 Å². The fourth-order valence-corrected chi connectivity index (χ4v) is 0.440. The Morgan fingerprint density at radius 3 is 2.15 bits per heavy atom. The molecule has 13 heavy (non-hydrogen) atoms. The molecule has 3 nitrogen and oxygen atoms in total. The lowest BCUT2D eigenvalue weighted by Crippen LogP contribution is -1.97. The zero-order valence-electron chi connectivity index (χ0n) is 8.33. The summed E-state index contributed by atoms with van der Waals surface area (Å²) < 4.78 is 4.65. The highest BCUT2D eigenvalue weighted by molar-refractivity contribution is 5.90. The fraction of sp³-hybridized carbons (Fsp3) is 0.300. The number of aliphatic carboxylic acids is 1. The molecular weight excluding hydrogens is 168 g/mol. The molecule has 0 radical (unpaired) electrons. The lowest BCUT2D eigenvalue weighted by Gasteiger charge is -1.97. The summed E-state index contributed by atoms with van der Waals surface area (Å²) in [6.07, 6.45) is 2.53. The van der Waals surface area contributed by atoms with Crippen molar-refractivity contribution in [2.45, 2.75) is 13.8 Å². The van der Waals surface area contributed by atoms with Crippen molar-refractivity contribution < 1.29 is 14.6 Å². The lowest BCUT2D eigenvalue weighted by molar-refractivity contribution is -0.132. The van der Waals surface area contributed by atoms with Gasteiger partial charge in [0.2, 0.25) is 0 Å². The maximum Gasteiger partial charge on any atom is 0.335 e. The summed E-state index contributed by atoms with van der Waals surface area (Å²) in [5.74, 6) is -0.750. The Labute approximate surface area is 79.0 Å². The van der Waals surface area contributed by atoms with E-state index < -0.39 is 5.97 Å². The van der Waals surface area contributed by atoms with E-state index in [2.05, 4.69) is 17.9 Å². The molecule has 0 aliphatic rings. The van der Waals surface area contributed by atoms with Gasteiger partial charge in [-0.1, -0.05) is 33.1 Å². The Morgan fingerprint density at radius 2 is 1.92 bits per heavy atom. The van der Waals surface area contributed by atoms with Gasteiger partial charge >= 0.3 is 5.97 Å². The average Bonchev–Trinajstić information content (AvgIpc) is 2.16. The Morgan fingerprint density at radius 1 is 1.46 bits per heavy atom. The number of hydrogen-bond acceptors (Lipinski definition) is 2. The van der Waals surface area contributed by atoms with Crippen molar-refractivity contribution in [2.75, 3.05) is 7.11 Å². The first-order chi connectivity index (χ1) is 6.11. The van der Waals surface area contributed by atoms with Crippen molar-refractivity contribution in [1.29, 1.82) is 0 Å². The van der Waals surface area contributed by atoms with Gasteiger partial charge in [-0.25, -0.2) is 4.79 Å². The molecule has 0 aliphatic heterocycles. The minimum Gasteiger partial charge on any atom is -0.497 e. The first kappa shape index (κ1) is 14.0. The van der Waals surface area contributed by atoms with E-state index in [4.69, 9.17) is 5.11 Å². The molecule has 0 aromatic rings. The van der Waals surface area contributed by atoms with E-state index >= 15 is 0 Å². The van der Waals surface area contributed by atoms with E-state index in [9.17, 15) is 4.79 Å². The predicted octanol–water partition coefficient (Wildman–Crippen LogP) is 2.37. The van der Waals surface area contributed by atoms with E-state index in [1.807, 2.05) is 13.8 Å². The molecule has 0 amide bonds. The van der Waals surface area contributed by atoms with Gasteiger partial charge in [0.1, 0.15) is 5.76 Å². The third-order valence-corrected chi connectivity index (χ3v) is 1.05. The summed E-state index contributed by atoms with van der Waals surface area (Å²) in [7, 11) is 1.42. The molecule has 0 fully saturated rings. The molecule has 0 heterocycles. The number of carboxylic acid groups (broad SMARTS) is 1. The average molecular weight is 184 g/mol. The van der Waals surface area contributed by atoms with Crippen molar-refractivity contribution in [3.05, 3.63) is 36.6 Å². The fourth-order valence-electron chi connectivity index (χ4n) is 0.440. The Bertz CT molecular complexity index is 214. The highest BCUT2D eigenvalue weighted by atomic mass is 16.5. The van der Waals surface area contributed by atoms with Gasteiger partial charge in [0.25, 0.3) is 0 Å². The highest BCUT2D eigenvalue weighted by Crippen LogP contribution is 2.02. The molecule has 0 saturated carbocycles. The van der Waals surface area contributed by atoms with Crippen LogP contribution in [-0.2, 0) is 9.53 Å². The van der Waals surface area contributed by atoms with Gasteiger partial charge in [-0.2, -0.15) is 0 Å². The molecule has 0 rings (SSSR count). The molecular formula is C10H16O3. The molecule has 0 aromatic carbocycles. The van der Waals surface area contributed by atoms with Gasteiger partial charge in [-0.3, -0.25) is 0 Å². The second-order valence-corrected chi connectivity index (χ2v) is 1.78. The van der Waals surface area contributed by atoms with Crippen LogP contribution in [0.15, 0.2) is 36.6 Å². The van der Waals surface area contributed by atoms with Gasteiger partial charge < -0.3 is 9.84 Å². The van der Waals surface area contributed by atoms with Crippen LogP contribution in [-0.4, -0.2) is 18.2 Å². The normalized spacial score (nSPS) is 9.31. The van der Waals surface area contributed by atoms with E-state index in [1.54, 1.807) is 0 Å². The Hall–Kier alpha value is -1.51. The minimum absolute atomic E-state index is 0.0665. The van der Waals surface area contributed by atoms with Crippen LogP contribution in [0, 0.1) is 0 Å². The number of carbonyl (C=O) groups is 1. The first-order valence-corrected chi connectivity index (χ1v) is 3.92. The second kappa shape index (κ2) is 8.59. The Balaban J connectivity index is 0. The Kier molecular flexibility index (Phi) is 9.27. The first-order valence-electron chi connectivity index (χ1n) is 3.92. The smallest absolute Gasteiger partial charge is 0.335 e. The number of ether oxygens (including phenoxy) is 1. The van der Waals surface area contributed by atoms with Crippen LogP contribution in [0.1, 0.15) is 13.8 Å². The van der Waals surface area contributed by atoms with Crippen LogP contribution in [0.3, 0.4) is 0 Å². The molecule has 3 heteroatoms. The highest BCUT2D eigenvalue weighted by Gasteiger charge is 2.01. The van der Waals surface area contributed by atoms with Gasteiger partial charge in [-0.05, 0) is 6.08 Å². The molecule has 0 aliphatic carbocycles. The number of rotatable bonds is 4. The monoisotopic (exact) mass is 184 g/mol. The topological polar surface area (TPSA) is 46.5 Å². The molecule has 74 valence electrons. The number of allylic oxidation sites excluding steroid dienone is 1. The summed E-state index contributed by atoms with van der Waals surface area (Å²) in [5, 5.41) is 8.48. The van der Waals surface area contributed by atoms with Crippen molar-refractivity contribution >= 4 is 5.97 Å². The summed E-state index contributed by atoms with van der Waals surface area (Å²) in [4.78, 5) is 10.3. The number of hydrogen-bond donors (Lipinski definition) is 1. The van der Waals surface area contributed by atoms with Crippen LogP contribution < -0.4 is 0 Å². The van der Waals surface area contributed by atoms with Crippen molar-refractivity contribution in [1.82, 2.24) is 0 Å². The standard InChI is InChI=1S/C8H10O3.C2H6/c1-4-7(8(9)10)5-6(2)11-3;1-2/h4-5H,1-2H2,3H3,(H,9,10);1-2H3/b7-5+;. The molecule has 0 aromatic heterocycles. The SMILES string of the molecule is C=C/C(=C\C(=C)OC)C(=O)O.CC. The molecule has 0 unspecified atom stereocenters. The largest absolute Gasteiger partial charge is 0.497 e.